The fraction of sp³-hybridized carbons (Fsp3) is 0.625. The second kappa shape index (κ2) is 5.64. The van der Waals surface area contributed by atoms with Gasteiger partial charge in [0.2, 0.25) is 0 Å². The molecule has 0 aliphatic heterocycles. The second-order valence-corrected chi connectivity index (χ2v) is 3.35. The second-order valence-electron chi connectivity index (χ2n) is 3.35. The minimum Gasteiger partial charge on any atom is -0.390 e. The molecule has 1 aromatic heterocycles. The molecule has 0 radical (unpaired) electrons. The van der Waals surface area contributed by atoms with Gasteiger partial charge in [-0.25, -0.2) is 8.78 Å². The van der Waals surface area contributed by atoms with Crippen LogP contribution in [0.1, 0.15) is 10.5 Å². The number of alkyl halides is 2. The Balaban J connectivity index is 2.52. The van der Waals surface area contributed by atoms with Gasteiger partial charge in [-0.1, -0.05) is 5.21 Å². The van der Waals surface area contributed by atoms with Gasteiger partial charge in [0, 0.05) is 6.54 Å². The molecule has 1 heterocycles. The number of carbonyl (C=O) groups excluding carboxylic acids is 1. The molecule has 9 heteroatoms. The number of hydrogen-bond donors (Lipinski definition) is 3. The summed E-state index contributed by atoms with van der Waals surface area (Å²) in [4.78, 5) is 11.4. The Kier molecular flexibility index (Phi) is 4.46. The van der Waals surface area contributed by atoms with E-state index in [-0.39, 0.29) is 5.69 Å². The topological polar surface area (TPSA) is 106 Å². The highest BCUT2D eigenvalue weighted by molar-refractivity contribution is 5.91. The van der Waals surface area contributed by atoms with E-state index in [1.807, 2.05) is 5.32 Å². The molecule has 1 aromatic rings. The molecular weight excluding hydrogens is 236 g/mol. The predicted octanol–water partition coefficient (Wildman–Crippen LogP) is -1.41. The average Bonchev–Trinajstić information content (AvgIpc) is 2.75. The standard InChI is InChI=1S/C8H13F2N5O2/c9-8(10,5-16)4-12-7(17)6-3-15(2-1-11)14-13-6/h3,16H,1-2,4-5,11H2,(H,12,17). The van der Waals surface area contributed by atoms with Crippen LogP contribution in [-0.4, -0.2) is 51.6 Å². The molecule has 0 atom stereocenters. The zero-order chi connectivity index (χ0) is 12.9. The van der Waals surface area contributed by atoms with Crippen LogP contribution in [0.15, 0.2) is 6.20 Å². The first-order valence-corrected chi connectivity index (χ1v) is 4.85. The lowest BCUT2D eigenvalue weighted by atomic mass is 10.3. The highest BCUT2D eigenvalue weighted by Crippen LogP contribution is 2.09. The largest absolute Gasteiger partial charge is 0.390 e. The fourth-order valence-electron chi connectivity index (χ4n) is 1.00. The molecule has 0 saturated carbocycles. The molecule has 0 aromatic carbocycles. The van der Waals surface area contributed by atoms with Crippen molar-refractivity contribution in [1.82, 2.24) is 20.3 Å². The summed E-state index contributed by atoms with van der Waals surface area (Å²) in [5.74, 6) is -4.12. The van der Waals surface area contributed by atoms with Crippen molar-refractivity contribution in [2.24, 2.45) is 5.73 Å². The smallest absolute Gasteiger partial charge is 0.287 e. The van der Waals surface area contributed by atoms with Crippen molar-refractivity contribution in [1.29, 1.82) is 0 Å². The number of rotatable bonds is 6. The van der Waals surface area contributed by atoms with E-state index in [4.69, 9.17) is 10.8 Å². The molecule has 0 fully saturated rings. The van der Waals surface area contributed by atoms with Crippen LogP contribution in [0.5, 0.6) is 0 Å². The van der Waals surface area contributed by atoms with Gasteiger partial charge in [-0.15, -0.1) is 5.10 Å². The maximum absolute atomic E-state index is 12.6. The number of nitrogens with one attached hydrogen (secondary N) is 1. The van der Waals surface area contributed by atoms with Crippen LogP contribution in [0.4, 0.5) is 8.78 Å². The quantitative estimate of drug-likeness (QED) is 0.574. The van der Waals surface area contributed by atoms with Gasteiger partial charge in [-0.05, 0) is 0 Å². The Labute approximate surface area is 95.6 Å². The zero-order valence-corrected chi connectivity index (χ0v) is 8.94. The van der Waals surface area contributed by atoms with Gasteiger partial charge in [0.25, 0.3) is 11.8 Å². The van der Waals surface area contributed by atoms with Crippen LogP contribution in [0.25, 0.3) is 0 Å². The zero-order valence-electron chi connectivity index (χ0n) is 8.94. The van der Waals surface area contributed by atoms with E-state index in [1.165, 1.54) is 10.9 Å². The molecule has 1 rings (SSSR count). The first-order valence-electron chi connectivity index (χ1n) is 4.85. The van der Waals surface area contributed by atoms with Crippen LogP contribution >= 0.6 is 0 Å². The van der Waals surface area contributed by atoms with Crippen molar-refractivity contribution in [2.45, 2.75) is 12.5 Å². The lowest BCUT2D eigenvalue weighted by Crippen LogP contribution is -2.39. The molecule has 0 bridgehead atoms. The first kappa shape index (κ1) is 13.5. The third-order valence-electron chi connectivity index (χ3n) is 1.87. The van der Waals surface area contributed by atoms with E-state index in [9.17, 15) is 13.6 Å². The summed E-state index contributed by atoms with van der Waals surface area (Å²) in [5.41, 5.74) is 5.19. The van der Waals surface area contributed by atoms with Gasteiger partial charge in [-0.2, -0.15) is 0 Å². The van der Waals surface area contributed by atoms with Crippen molar-refractivity contribution in [3.63, 3.8) is 0 Å². The summed E-state index contributed by atoms with van der Waals surface area (Å²) in [5, 5.41) is 17.3. The SMILES string of the molecule is NCCn1cc(C(=O)NCC(F)(F)CO)nn1. The van der Waals surface area contributed by atoms with Crippen LogP contribution in [0, 0.1) is 0 Å². The van der Waals surface area contributed by atoms with Crippen molar-refractivity contribution < 1.29 is 18.7 Å². The van der Waals surface area contributed by atoms with Crippen LogP contribution in [-0.2, 0) is 6.54 Å². The molecule has 0 aliphatic carbocycles. The van der Waals surface area contributed by atoms with Crippen molar-refractivity contribution >= 4 is 5.91 Å². The lowest BCUT2D eigenvalue weighted by molar-refractivity contribution is -0.0462. The number of carbonyl (C=O) groups is 1. The maximum Gasteiger partial charge on any atom is 0.287 e. The summed E-state index contributed by atoms with van der Waals surface area (Å²) in [6.45, 7) is -1.57. The van der Waals surface area contributed by atoms with Gasteiger partial charge in [-0.3, -0.25) is 9.48 Å². The van der Waals surface area contributed by atoms with E-state index in [0.717, 1.165) is 0 Å². The van der Waals surface area contributed by atoms with Crippen molar-refractivity contribution in [3.8, 4) is 0 Å². The lowest BCUT2D eigenvalue weighted by Gasteiger charge is -2.12. The minimum absolute atomic E-state index is 0.0767. The summed E-state index contributed by atoms with van der Waals surface area (Å²) in [7, 11) is 0. The fourth-order valence-corrected chi connectivity index (χ4v) is 1.00. The van der Waals surface area contributed by atoms with E-state index in [2.05, 4.69) is 10.3 Å². The van der Waals surface area contributed by atoms with Gasteiger partial charge in [0.05, 0.1) is 19.3 Å². The average molecular weight is 249 g/mol. The molecule has 0 saturated heterocycles. The van der Waals surface area contributed by atoms with Crippen LogP contribution < -0.4 is 11.1 Å². The Bertz CT molecular complexity index is 382. The third-order valence-corrected chi connectivity index (χ3v) is 1.87. The predicted molar refractivity (Wildman–Crippen MR) is 53.4 cm³/mol. The summed E-state index contributed by atoms with van der Waals surface area (Å²) < 4.78 is 26.6. The highest BCUT2D eigenvalue weighted by Gasteiger charge is 2.28. The number of aliphatic hydroxyl groups is 1. The third kappa shape index (κ3) is 4.04. The number of aromatic nitrogens is 3. The number of halogens is 2. The maximum atomic E-state index is 12.6. The van der Waals surface area contributed by atoms with Gasteiger partial charge < -0.3 is 16.2 Å². The Morgan fingerprint density at radius 3 is 2.94 bits per heavy atom. The van der Waals surface area contributed by atoms with Crippen molar-refractivity contribution in [3.05, 3.63) is 11.9 Å². The number of nitrogens with zero attached hydrogens (tertiary/aromatic N) is 3. The highest BCUT2D eigenvalue weighted by atomic mass is 19.3. The van der Waals surface area contributed by atoms with Gasteiger partial charge in [0.1, 0.15) is 6.61 Å². The molecule has 4 N–H and O–H groups in total. The monoisotopic (exact) mass is 249 g/mol. The number of amides is 1. The van der Waals surface area contributed by atoms with E-state index >= 15 is 0 Å². The molecule has 1 amide bonds. The Morgan fingerprint density at radius 1 is 1.65 bits per heavy atom. The first-order chi connectivity index (χ1) is 7.98. The molecule has 7 nitrogen and oxygen atoms in total. The van der Waals surface area contributed by atoms with Crippen LogP contribution in [0.3, 0.4) is 0 Å². The van der Waals surface area contributed by atoms with Gasteiger partial charge in [0.15, 0.2) is 5.69 Å². The minimum atomic E-state index is -3.34. The number of hydrogen-bond acceptors (Lipinski definition) is 5. The number of aliphatic hydroxyl groups excluding tert-OH is 1. The molecular formula is C8H13F2N5O2. The van der Waals surface area contributed by atoms with Gasteiger partial charge >= 0.3 is 0 Å². The summed E-state index contributed by atoms with van der Waals surface area (Å²) in [6, 6.07) is 0. The molecule has 0 spiro atoms. The van der Waals surface area contributed by atoms with E-state index < -0.39 is 25.0 Å². The number of nitrogens with two attached hydrogens (primary N) is 1. The van der Waals surface area contributed by atoms with Crippen LogP contribution in [0.2, 0.25) is 0 Å². The molecule has 96 valence electrons. The molecule has 17 heavy (non-hydrogen) atoms. The molecule has 0 aliphatic rings. The molecule has 0 unspecified atom stereocenters. The Hall–Kier alpha value is -1.61. The van der Waals surface area contributed by atoms with E-state index in [1.54, 1.807) is 0 Å². The Morgan fingerprint density at radius 2 is 2.35 bits per heavy atom. The van der Waals surface area contributed by atoms with E-state index in [0.29, 0.717) is 13.1 Å². The summed E-state index contributed by atoms with van der Waals surface area (Å²) in [6.07, 6.45) is 1.30. The van der Waals surface area contributed by atoms with Crippen molar-refractivity contribution in [2.75, 3.05) is 19.7 Å². The summed E-state index contributed by atoms with van der Waals surface area (Å²) >= 11 is 0. The normalized spacial score (nSPS) is 11.5.